The molecule has 1 aromatic rings. The Labute approximate surface area is 135 Å². The summed E-state index contributed by atoms with van der Waals surface area (Å²) in [7, 11) is 1.38. The van der Waals surface area contributed by atoms with Crippen LogP contribution in [0, 0.1) is 0 Å². The van der Waals surface area contributed by atoms with Crippen LogP contribution in [0.2, 0.25) is 0 Å². The molecule has 22 heavy (non-hydrogen) atoms. The average Bonchev–Trinajstić information content (AvgIpc) is 2.33. The summed E-state index contributed by atoms with van der Waals surface area (Å²) in [5.41, 5.74) is -0.891. The number of halogens is 4. The number of anilines is 1. The molecule has 0 unspecified atom stereocenters. The molecular formula is C14H17BrF3NO3. The van der Waals surface area contributed by atoms with Crippen molar-refractivity contribution in [1.29, 1.82) is 0 Å². The molecule has 1 rings (SSSR count). The maximum Gasteiger partial charge on any atom is 0.415 e. The van der Waals surface area contributed by atoms with Crippen molar-refractivity contribution < 1.29 is 27.4 Å². The maximum absolute atomic E-state index is 12.8. The Bertz CT molecular complexity index is 541. The molecule has 0 aliphatic heterocycles. The van der Waals surface area contributed by atoms with Crippen LogP contribution in [0.3, 0.4) is 0 Å². The lowest BCUT2D eigenvalue weighted by Crippen LogP contribution is -2.42. The highest BCUT2D eigenvalue weighted by molar-refractivity contribution is 9.10. The van der Waals surface area contributed by atoms with Crippen molar-refractivity contribution in [3.63, 3.8) is 0 Å². The number of hydrogen-bond donors (Lipinski definition) is 0. The third kappa shape index (κ3) is 5.75. The Morgan fingerprint density at radius 1 is 1.27 bits per heavy atom. The van der Waals surface area contributed by atoms with Gasteiger partial charge in [0.2, 0.25) is 0 Å². The zero-order chi connectivity index (χ0) is 17.1. The fourth-order valence-corrected chi connectivity index (χ4v) is 2.03. The first kappa shape index (κ1) is 18.6. The van der Waals surface area contributed by atoms with E-state index in [-0.39, 0.29) is 5.69 Å². The topological polar surface area (TPSA) is 38.8 Å². The lowest BCUT2D eigenvalue weighted by Gasteiger charge is -2.28. The molecule has 0 saturated heterocycles. The van der Waals surface area contributed by atoms with Crippen molar-refractivity contribution in [3.8, 4) is 5.75 Å². The van der Waals surface area contributed by atoms with Gasteiger partial charge in [0.05, 0.1) is 12.8 Å². The molecule has 0 fully saturated rings. The summed E-state index contributed by atoms with van der Waals surface area (Å²) in [6, 6.07) is 4.40. The van der Waals surface area contributed by atoms with E-state index >= 15 is 0 Å². The number of rotatable bonds is 3. The Morgan fingerprint density at radius 2 is 1.86 bits per heavy atom. The first-order valence-corrected chi connectivity index (χ1v) is 7.13. The van der Waals surface area contributed by atoms with Crippen molar-refractivity contribution in [1.82, 2.24) is 0 Å². The van der Waals surface area contributed by atoms with Crippen LogP contribution in [0.15, 0.2) is 22.7 Å². The van der Waals surface area contributed by atoms with E-state index in [1.807, 2.05) is 0 Å². The third-order valence-electron chi connectivity index (χ3n) is 2.40. The molecule has 1 aromatic carbocycles. The van der Waals surface area contributed by atoms with Crippen LogP contribution in [0.5, 0.6) is 5.75 Å². The highest BCUT2D eigenvalue weighted by atomic mass is 79.9. The Morgan fingerprint density at radius 3 is 2.32 bits per heavy atom. The van der Waals surface area contributed by atoms with Crippen LogP contribution in [0.25, 0.3) is 0 Å². The molecule has 0 bridgehead atoms. The quantitative estimate of drug-likeness (QED) is 0.754. The molecular weight excluding hydrogens is 367 g/mol. The van der Waals surface area contributed by atoms with Gasteiger partial charge in [0.25, 0.3) is 0 Å². The molecule has 0 saturated carbocycles. The predicted octanol–water partition coefficient (Wildman–Crippen LogP) is 4.76. The number of nitrogens with zero attached hydrogens (tertiary/aromatic N) is 1. The molecule has 0 aliphatic carbocycles. The van der Waals surface area contributed by atoms with E-state index in [1.165, 1.54) is 19.2 Å². The van der Waals surface area contributed by atoms with Crippen molar-refractivity contribution in [2.45, 2.75) is 32.5 Å². The van der Waals surface area contributed by atoms with E-state index in [2.05, 4.69) is 15.9 Å². The number of methoxy groups -OCH3 is 1. The minimum Gasteiger partial charge on any atom is -0.497 e. The second kappa shape index (κ2) is 6.76. The third-order valence-corrected chi connectivity index (χ3v) is 3.07. The van der Waals surface area contributed by atoms with Crippen LogP contribution in [0.1, 0.15) is 20.8 Å². The summed E-state index contributed by atoms with van der Waals surface area (Å²) < 4.78 is 48.8. The van der Waals surface area contributed by atoms with Crippen LogP contribution in [-0.4, -0.2) is 31.5 Å². The average molecular weight is 384 g/mol. The second-order valence-corrected chi connectivity index (χ2v) is 6.35. The molecule has 0 N–H and O–H groups in total. The highest BCUT2D eigenvalue weighted by Crippen LogP contribution is 2.33. The Hall–Kier alpha value is -1.44. The van der Waals surface area contributed by atoms with Gasteiger partial charge in [-0.1, -0.05) is 0 Å². The van der Waals surface area contributed by atoms with E-state index < -0.39 is 24.4 Å². The fraction of sp³-hybridized carbons (Fsp3) is 0.500. The summed E-state index contributed by atoms with van der Waals surface area (Å²) >= 11 is 3.14. The molecule has 0 heterocycles. The number of carbonyl (C=O) groups is 1. The first-order valence-electron chi connectivity index (χ1n) is 6.34. The molecule has 8 heteroatoms. The van der Waals surface area contributed by atoms with E-state index in [1.54, 1.807) is 26.8 Å². The molecule has 0 aliphatic rings. The Balaban J connectivity index is 3.23. The number of hydrogen-bond acceptors (Lipinski definition) is 3. The second-order valence-electron chi connectivity index (χ2n) is 5.50. The molecule has 124 valence electrons. The maximum atomic E-state index is 12.8. The van der Waals surface area contributed by atoms with Gasteiger partial charge in [-0.25, -0.2) is 4.79 Å². The predicted molar refractivity (Wildman–Crippen MR) is 80.3 cm³/mol. The molecule has 0 aromatic heterocycles. The van der Waals surface area contributed by atoms with Crippen LogP contribution < -0.4 is 9.64 Å². The van der Waals surface area contributed by atoms with Crippen LogP contribution in [0.4, 0.5) is 23.7 Å². The van der Waals surface area contributed by atoms with Crippen molar-refractivity contribution in [2.75, 3.05) is 18.6 Å². The first-order chi connectivity index (χ1) is 9.93. The number of ether oxygens (including phenoxy) is 2. The SMILES string of the molecule is COc1ccc(Br)c(N(CC(F)(F)F)C(=O)OC(C)(C)C)c1. The molecule has 0 radical (unpaired) electrons. The molecule has 0 spiro atoms. The van der Waals surface area contributed by atoms with Gasteiger partial charge < -0.3 is 9.47 Å². The summed E-state index contributed by atoms with van der Waals surface area (Å²) in [5.74, 6) is 0.328. The standard InChI is InChI=1S/C14H17BrF3NO3/c1-13(2,3)22-12(20)19(8-14(16,17)18)11-7-9(21-4)5-6-10(11)15/h5-7H,8H2,1-4H3. The van der Waals surface area contributed by atoms with Crippen LogP contribution >= 0.6 is 15.9 Å². The van der Waals surface area contributed by atoms with Gasteiger partial charge in [-0.05, 0) is 48.8 Å². The smallest absolute Gasteiger partial charge is 0.415 e. The lowest BCUT2D eigenvalue weighted by molar-refractivity contribution is -0.119. The van der Waals surface area contributed by atoms with Gasteiger partial charge in [0.1, 0.15) is 17.9 Å². The minimum absolute atomic E-state index is 0.0194. The van der Waals surface area contributed by atoms with Gasteiger partial charge in [0.15, 0.2) is 0 Å². The zero-order valence-corrected chi connectivity index (χ0v) is 14.2. The summed E-state index contributed by atoms with van der Waals surface area (Å²) in [4.78, 5) is 12.7. The van der Waals surface area contributed by atoms with E-state index in [0.717, 1.165) is 0 Å². The molecule has 0 atom stereocenters. The number of carbonyl (C=O) groups excluding carboxylic acids is 1. The summed E-state index contributed by atoms with van der Waals surface area (Å²) in [6.07, 6.45) is -5.65. The molecule has 1 amide bonds. The van der Waals surface area contributed by atoms with Crippen molar-refractivity contribution >= 4 is 27.7 Å². The highest BCUT2D eigenvalue weighted by Gasteiger charge is 2.36. The lowest BCUT2D eigenvalue weighted by atomic mass is 10.2. The monoisotopic (exact) mass is 383 g/mol. The Kier molecular flexibility index (Phi) is 5.72. The van der Waals surface area contributed by atoms with Gasteiger partial charge in [-0.3, -0.25) is 4.90 Å². The van der Waals surface area contributed by atoms with Gasteiger partial charge in [-0.15, -0.1) is 0 Å². The van der Waals surface area contributed by atoms with Crippen molar-refractivity contribution in [2.24, 2.45) is 0 Å². The number of amides is 1. The summed E-state index contributed by atoms with van der Waals surface area (Å²) in [6.45, 7) is 3.28. The van der Waals surface area contributed by atoms with Crippen LogP contribution in [-0.2, 0) is 4.74 Å². The largest absolute Gasteiger partial charge is 0.497 e. The van der Waals surface area contributed by atoms with Crippen molar-refractivity contribution in [3.05, 3.63) is 22.7 Å². The van der Waals surface area contributed by atoms with Gasteiger partial charge >= 0.3 is 12.3 Å². The summed E-state index contributed by atoms with van der Waals surface area (Å²) in [5, 5.41) is 0. The number of alkyl halides is 3. The minimum atomic E-state index is -4.57. The number of benzene rings is 1. The zero-order valence-electron chi connectivity index (χ0n) is 12.6. The normalized spacial score (nSPS) is 12.0. The van der Waals surface area contributed by atoms with E-state index in [4.69, 9.17) is 9.47 Å². The fourth-order valence-electron chi connectivity index (χ4n) is 1.57. The van der Waals surface area contributed by atoms with Gasteiger partial charge in [0, 0.05) is 10.5 Å². The van der Waals surface area contributed by atoms with Gasteiger partial charge in [-0.2, -0.15) is 13.2 Å². The molecule has 4 nitrogen and oxygen atoms in total. The van der Waals surface area contributed by atoms with E-state index in [0.29, 0.717) is 15.1 Å². The van der Waals surface area contributed by atoms with E-state index in [9.17, 15) is 18.0 Å².